The molecular formula is C16H18N2O. The number of hydrogen-bond donors (Lipinski definition) is 0. The first kappa shape index (κ1) is 12.0. The molecule has 0 unspecified atom stereocenters. The average molecular weight is 254 g/mol. The molecule has 98 valence electrons. The highest BCUT2D eigenvalue weighted by Crippen LogP contribution is 2.27. The number of aromatic nitrogens is 1. The first-order valence-corrected chi connectivity index (χ1v) is 6.70. The molecule has 0 N–H and O–H groups in total. The van der Waals surface area contributed by atoms with Gasteiger partial charge in [-0.3, -0.25) is 4.79 Å². The van der Waals surface area contributed by atoms with Crippen LogP contribution in [0.25, 0.3) is 0 Å². The fraction of sp³-hybridized carbons (Fsp3) is 0.312. The van der Waals surface area contributed by atoms with E-state index in [2.05, 4.69) is 23.8 Å². The van der Waals surface area contributed by atoms with Gasteiger partial charge >= 0.3 is 0 Å². The van der Waals surface area contributed by atoms with E-state index < -0.39 is 0 Å². The number of hydrogen-bond acceptors (Lipinski definition) is 1. The van der Waals surface area contributed by atoms with Crippen molar-refractivity contribution in [2.45, 2.75) is 26.4 Å². The average Bonchev–Trinajstić information content (AvgIpc) is 2.88. The minimum Gasteiger partial charge on any atom is -0.348 e. The third kappa shape index (κ3) is 1.95. The SMILES string of the molecule is Cc1ccccc1C(=O)N1CCn2cccc2[C@H]1C. The Hall–Kier alpha value is -2.03. The number of carbonyl (C=O) groups excluding carboxylic acids is 1. The van der Waals surface area contributed by atoms with Crippen molar-refractivity contribution in [1.29, 1.82) is 0 Å². The Morgan fingerprint density at radius 3 is 2.74 bits per heavy atom. The van der Waals surface area contributed by atoms with Crippen molar-refractivity contribution in [2.75, 3.05) is 6.54 Å². The summed E-state index contributed by atoms with van der Waals surface area (Å²) < 4.78 is 2.23. The lowest BCUT2D eigenvalue weighted by Gasteiger charge is -2.35. The predicted molar refractivity (Wildman–Crippen MR) is 75.1 cm³/mol. The smallest absolute Gasteiger partial charge is 0.254 e. The molecule has 1 aromatic carbocycles. The van der Waals surface area contributed by atoms with Crippen LogP contribution in [0.1, 0.15) is 34.6 Å². The number of aryl methyl sites for hydroxylation is 1. The van der Waals surface area contributed by atoms with Gasteiger partial charge in [-0.15, -0.1) is 0 Å². The molecule has 0 radical (unpaired) electrons. The number of benzene rings is 1. The fourth-order valence-corrected chi connectivity index (χ4v) is 2.82. The summed E-state index contributed by atoms with van der Waals surface area (Å²) >= 11 is 0. The molecule has 19 heavy (non-hydrogen) atoms. The maximum Gasteiger partial charge on any atom is 0.254 e. The Bertz CT molecular complexity index is 615. The van der Waals surface area contributed by atoms with Gasteiger partial charge in [0.05, 0.1) is 6.04 Å². The first-order valence-electron chi connectivity index (χ1n) is 6.70. The summed E-state index contributed by atoms with van der Waals surface area (Å²) in [7, 11) is 0. The van der Waals surface area contributed by atoms with E-state index in [9.17, 15) is 4.79 Å². The molecule has 0 spiro atoms. The summed E-state index contributed by atoms with van der Waals surface area (Å²) in [4.78, 5) is 14.6. The van der Waals surface area contributed by atoms with E-state index in [4.69, 9.17) is 0 Å². The molecular weight excluding hydrogens is 236 g/mol. The Morgan fingerprint density at radius 2 is 1.95 bits per heavy atom. The van der Waals surface area contributed by atoms with Gasteiger partial charge in [-0.25, -0.2) is 0 Å². The molecule has 0 bridgehead atoms. The largest absolute Gasteiger partial charge is 0.348 e. The van der Waals surface area contributed by atoms with Gasteiger partial charge < -0.3 is 9.47 Å². The zero-order valence-corrected chi connectivity index (χ0v) is 11.3. The summed E-state index contributed by atoms with van der Waals surface area (Å²) in [6.07, 6.45) is 2.08. The molecule has 1 aromatic heterocycles. The topological polar surface area (TPSA) is 25.2 Å². The van der Waals surface area contributed by atoms with Gasteiger partial charge in [0.2, 0.25) is 0 Å². The monoisotopic (exact) mass is 254 g/mol. The molecule has 0 aliphatic carbocycles. The van der Waals surface area contributed by atoms with Crippen LogP contribution in [0.2, 0.25) is 0 Å². The van der Waals surface area contributed by atoms with Crippen molar-refractivity contribution < 1.29 is 4.79 Å². The fourth-order valence-electron chi connectivity index (χ4n) is 2.82. The van der Waals surface area contributed by atoms with Crippen LogP contribution in [0.5, 0.6) is 0 Å². The lowest BCUT2D eigenvalue weighted by Crippen LogP contribution is -2.40. The van der Waals surface area contributed by atoms with Gasteiger partial charge in [-0.05, 0) is 37.6 Å². The Kier molecular flexibility index (Phi) is 2.90. The lowest BCUT2D eigenvalue weighted by molar-refractivity contribution is 0.0643. The molecule has 1 atom stereocenters. The van der Waals surface area contributed by atoms with E-state index in [-0.39, 0.29) is 11.9 Å². The first-order chi connectivity index (χ1) is 9.18. The van der Waals surface area contributed by atoms with Gasteiger partial charge in [-0.1, -0.05) is 18.2 Å². The summed E-state index contributed by atoms with van der Waals surface area (Å²) in [6, 6.07) is 12.1. The number of amides is 1. The molecule has 2 aromatic rings. The number of rotatable bonds is 1. The molecule has 1 aliphatic heterocycles. The minimum absolute atomic E-state index is 0.135. The normalized spacial score (nSPS) is 18.2. The van der Waals surface area contributed by atoms with Gasteiger partial charge in [0.25, 0.3) is 5.91 Å². The van der Waals surface area contributed by atoms with Gasteiger partial charge in [0.15, 0.2) is 0 Å². The second-order valence-electron chi connectivity index (χ2n) is 5.12. The third-order valence-corrected chi connectivity index (χ3v) is 3.98. The van der Waals surface area contributed by atoms with E-state index in [1.807, 2.05) is 42.2 Å². The van der Waals surface area contributed by atoms with E-state index in [1.165, 1.54) is 5.69 Å². The van der Waals surface area contributed by atoms with E-state index in [0.29, 0.717) is 0 Å². The van der Waals surface area contributed by atoms with Crippen LogP contribution in [0.4, 0.5) is 0 Å². The van der Waals surface area contributed by atoms with Crippen LogP contribution in [0.15, 0.2) is 42.6 Å². The van der Waals surface area contributed by atoms with Crippen LogP contribution in [-0.4, -0.2) is 21.9 Å². The summed E-state index contributed by atoms with van der Waals surface area (Å²) in [5.74, 6) is 0.137. The number of fused-ring (bicyclic) bond motifs is 1. The van der Waals surface area contributed by atoms with E-state index in [1.54, 1.807) is 0 Å². The van der Waals surface area contributed by atoms with E-state index >= 15 is 0 Å². The molecule has 0 saturated heterocycles. The molecule has 0 fully saturated rings. The second kappa shape index (κ2) is 4.57. The minimum atomic E-state index is 0.135. The van der Waals surface area contributed by atoms with Gasteiger partial charge in [0.1, 0.15) is 0 Å². The zero-order valence-electron chi connectivity index (χ0n) is 11.3. The van der Waals surface area contributed by atoms with E-state index in [0.717, 1.165) is 24.2 Å². The van der Waals surface area contributed by atoms with Crippen molar-refractivity contribution in [2.24, 2.45) is 0 Å². The molecule has 3 heteroatoms. The maximum atomic E-state index is 12.7. The van der Waals surface area contributed by atoms with Crippen molar-refractivity contribution in [1.82, 2.24) is 9.47 Å². The molecule has 3 rings (SSSR count). The van der Waals surface area contributed by atoms with Crippen LogP contribution >= 0.6 is 0 Å². The van der Waals surface area contributed by atoms with Crippen molar-refractivity contribution in [3.8, 4) is 0 Å². The molecule has 2 heterocycles. The zero-order chi connectivity index (χ0) is 13.4. The number of carbonyl (C=O) groups is 1. The highest BCUT2D eigenvalue weighted by atomic mass is 16.2. The molecule has 3 nitrogen and oxygen atoms in total. The quantitative estimate of drug-likeness (QED) is 0.768. The Labute approximate surface area is 113 Å². The highest BCUT2D eigenvalue weighted by Gasteiger charge is 2.28. The second-order valence-corrected chi connectivity index (χ2v) is 5.12. The van der Waals surface area contributed by atoms with Gasteiger partial charge in [0, 0.05) is 30.5 Å². The van der Waals surface area contributed by atoms with Crippen molar-refractivity contribution in [3.63, 3.8) is 0 Å². The standard InChI is InChI=1S/C16H18N2O/c1-12-6-3-4-7-14(12)16(19)18-11-10-17-9-5-8-15(17)13(18)2/h3-9,13H,10-11H2,1-2H3/t13-/m1/s1. The van der Waals surface area contributed by atoms with Crippen LogP contribution in [0.3, 0.4) is 0 Å². The Morgan fingerprint density at radius 1 is 1.16 bits per heavy atom. The van der Waals surface area contributed by atoms with Crippen LogP contribution < -0.4 is 0 Å². The lowest BCUT2D eigenvalue weighted by atomic mass is 10.0. The van der Waals surface area contributed by atoms with Crippen molar-refractivity contribution >= 4 is 5.91 Å². The third-order valence-electron chi connectivity index (χ3n) is 3.98. The summed E-state index contributed by atoms with van der Waals surface area (Å²) in [6.45, 7) is 5.74. The van der Waals surface area contributed by atoms with Crippen molar-refractivity contribution in [3.05, 3.63) is 59.4 Å². The molecule has 0 saturated carbocycles. The highest BCUT2D eigenvalue weighted by molar-refractivity contribution is 5.95. The summed E-state index contributed by atoms with van der Waals surface area (Å²) in [5, 5.41) is 0. The Balaban J connectivity index is 1.92. The van der Waals surface area contributed by atoms with Gasteiger partial charge in [-0.2, -0.15) is 0 Å². The molecule has 1 amide bonds. The van der Waals surface area contributed by atoms with Crippen LogP contribution in [0, 0.1) is 6.92 Å². The molecule has 1 aliphatic rings. The predicted octanol–water partition coefficient (Wildman–Crippen LogP) is 3.01. The maximum absolute atomic E-state index is 12.7. The number of nitrogens with zero attached hydrogens (tertiary/aromatic N) is 2. The van der Waals surface area contributed by atoms with Crippen LogP contribution in [-0.2, 0) is 6.54 Å². The summed E-state index contributed by atoms with van der Waals surface area (Å²) in [5.41, 5.74) is 3.07.